The Kier molecular flexibility index (Phi) is 16.1. The van der Waals surface area contributed by atoms with Crippen molar-refractivity contribution in [3.8, 4) is 0 Å². The number of hydrogen-bond donors (Lipinski definition) is 3. The Balaban J connectivity index is 0.000000512. The van der Waals surface area contributed by atoms with Crippen LogP contribution in [0.3, 0.4) is 0 Å². The summed E-state index contributed by atoms with van der Waals surface area (Å²) in [5.41, 5.74) is 6.89. The number of benzene rings is 2. The van der Waals surface area contributed by atoms with E-state index < -0.39 is 5.97 Å². The van der Waals surface area contributed by atoms with Gasteiger partial charge in [-0.15, -0.1) is 0 Å². The van der Waals surface area contributed by atoms with E-state index in [0.29, 0.717) is 0 Å². The van der Waals surface area contributed by atoms with E-state index in [-0.39, 0.29) is 17.1 Å². The van der Waals surface area contributed by atoms with Crippen LogP contribution in [-0.2, 0) is 15.0 Å². The lowest BCUT2D eigenvalue weighted by molar-refractivity contribution is -0.134. The number of aliphatic carboxylic acids is 1. The molecule has 0 fully saturated rings. The number of carboxylic acids is 1. The molecule has 0 saturated carbocycles. The van der Waals surface area contributed by atoms with Crippen LogP contribution in [-0.4, -0.2) is 22.6 Å². The van der Waals surface area contributed by atoms with Crippen LogP contribution < -0.4 is 11.3 Å². The highest BCUT2D eigenvalue weighted by Crippen LogP contribution is 2.49. The summed E-state index contributed by atoms with van der Waals surface area (Å²) >= 11 is 20.8. The van der Waals surface area contributed by atoms with E-state index in [9.17, 15) is 4.79 Å². The zero-order chi connectivity index (χ0) is 28.5. The molecule has 12 heteroatoms. The second-order valence-corrected chi connectivity index (χ2v) is 13.3. The maximum absolute atomic E-state index is 10.1. The zero-order valence-corrected chi connectivity index (χ0v) is 30.4. The number of ketones is 1. The van der Waals surface area contributed by atoms with Crippen molar-refractivity contribution in [2.45, 2.75) is 53.9 Å². The first-order valence-corrected chi connectivity index (χ1v) is 15.2. The number of Topliss-reactive ketones (excluding diaryl/α,β-unsaturated/α-hetero) is 1. The Morgan fingerprint density at radius 1 is 0.917 bits per heavy atom. The van der Waals surface area contributed by atoms with Crippen LogP contribution in [0.4, 0.5) is 11.4 Å². The molecule has 2 aromatic rings. The first kappa shape index (κ1) is 35.9. The number of nitrogens with two attached hydrogens (primary N) is 1. The molecule has 3 rings (SSSR count). The summed E-state index contributed by atoms with van der Waals surface area (Å²) in [7, 11) is 0. The van der Waals surface area contributed by atoms with E-state index in [4.69, 9.17) is 15.7 Å². The number of hydrazine groups is 1. The molecule has 4 N–H and O–H groups in total. The van der Waals surface area contributed by atoms with Gasteiger partial charge in [-0.1, -0.05) is 27.7 Å². The van der Waals surface area contributed by atoms with Gasteiger partial charge in [-0.2, -0.15) is 0 Å². The Morgan fingerprint density at radius 2 is 1.31 bits per heavy atom. The van der Waals surface area contributed by atoms with E-state index in [2.05, 4.69) is 133 Å². The van der Waals surface area contributed by atoms with Gasteiger partial charge in [0.05, 0.1) is 11.4 Å². The van der Waals surface area contributed by atoms with E-state index in [1.807, 2.05) is 26.0 Å². The summed E-state index contributed by atoms with van der Waals surface area (Å²) in [5.74, 6) is 4.87. The largest absolute Gasteiger partial charge is 0.481 e. The quantitative estimate of drug-likeness (QED) is 0.158. The fraction of sp³-hybridized carbons (Fsp3) is 0.375. The molecule has 0 spiro atoms. The van der Waals surface area contributed by atoms with Gasteiger partial charge >= 0.3 is 0 Å². The number of nitrogens with one attached hydrogen (secondary N) is 1. The minimum atomic E-state index is -0.833. The number of fused-ring (bicyclic) bond motifs is 1. The molecule has 0 radical (unpaired) electrons. The van der Waals surface area contributed by atoms with E-state index in [1.54, 1.807) is 6.92 Å². The van der Waals surface area contributed by atoms with Crippen molar-refractivity contribution in [1.82, 2.24) is 0 Å². The number of anilines is 1. The van der Waals surface area contributed by atoms with Crippen molar-refractivity contribution in [3.05, 3.63) is 50.6 Å². The number of halogens is 6. The Morgan fingerprint density at radius 3 is 1.67 bits per heavy atom. The van der Waals surface area contributed by atoms with Crippen LogP contribution in [0, 0.1) is 5.92 Å². The van der Waals surface area contributed by atoms with Crippen molar-refractivity contribution in [3.63, 3.8) is 0 Å². The molecular formula is C24H29Br6N3O3. The molecule has 1 heterocycles. The molecule has 1 aliphatic rings. The summed E-state index contributed by atoms with van der Waals surface area (Å²) < 4.78 is 6.08. The lowest BCUT2D eigenvalue weighted by atomic mass is 9.82. The molecule has 0 saturated heterocycles. The SMILES string of the molecule is CC(=O)C(C)C.CC(=O)O.CC1=Nc2cc(Br)c(Br)c(Br)c2C1(C)C.NNc1cc(Br)c(Br)c(Br)c1. The topological polar surface area (TPSA) is 105 Å². The molecule has 6 nitrogen and oxygen atoms in total. The molecule has 1 aliphatic heterocycles. The van der Waals surface area contributed by atoms with Crippen LogP contribution in [0.15, 0.2) is 50.0 Å². The first-order chi connectivity index (χ1) is 16.4. The highest BCUT2D eigenvalue weighted by atomic mass is 79.9. The van der Waals surface area contributed by atoms with Crippen molar-refractivity contribution in [1.29, 1.82) is 0 Å². The number of hydrogen-bond acceptors (Lipinski definition) is 5. The normalized spacial score (nSPS) is 12.6. The summed E-state index contributed by atoms with van der Waals surface area (Å²) in [4.78, 5) is 23.7. The van der Waals surface area contributed by atoms with Crippen molar-refractivity contribution in [2.75, 3.05) is 5.43 Å². The maximum Gasteiger partial charge on any atom is 0.300 e. The van der Waals surface area contributed by atoms with E-state index >= 15 is 0 Å². The van der Waals surface area contributed by atoms with Gasteiger partial charge in [-0.25, -0.2) is 0 Å². The highest BCUT2D eigenvalue weighted by molar-refractivity contribution is 9.15. The lowest BCUT2D eigenvalue weighted by Crippen LogP contribution is -2.23. The van der Waals surface area contributed by atoms with Crippen molar-refractivity contribution < 1.29 is 14.7 Å². The van der Waals surface area contributed by atoms with Crippen LogP contribution in [0.1, 0.15) is 54.0 Å². The van der Waals surface area contributed by atoms with E-state index in [0.717, 1.165) is 50.8 Å². The molecule has 0 aromatic heterocycles. The summed E-state index contributed by atoms with van der Waals surface area (Å²) in [6, 6.07) is 5.83. The number of carbonyl (C=O) groups is 2. The third kappa shape index (κ3) is 10.9. The molecular weight excluding hydrogens is 858 g/mol. The Labute approximate surface area is 263 Å². The molecule has 36 heavy (non-hydrogen) atoms. The van der Waals surface area contributed by atoms with Crippen LogP contribution in [0.2, 0.25) is 0 Å². The van der Waals surface area contributed by atoms with Gasteiger partial charge < -0.3 is 10.5 Å². The van der Waals surface area contributed by atoms with Gasteiger partial charge in [0.2, 0.25) is 0 Å². The number of carboxylic acid groups (broad SMARTS) is 1. The molecule has 2 aromatic carbocycles. The van der Waals surface area contributed by atoms with Crippen LogP contribution in [0.25, 0.3) is 0 Å². The molecule has 0 aliphatic carbocycles. The maximum atomic E-state index is 10.1. The zero-order valence-electron chi connectivity index (χ0n) is 20.9. The summed E-state index contributed by atoms with van der Waals surface area (Å²) in [6.07, 6.45) is 0. The monoisotopic (exact) mass is 881 g/mol. The molecule has 0 bridgehead atoms. The fourth-order valence-corrected chi connectivity index (χ4v) is 5.73. The molecule has 0 amide bonds. The minimum absolute atomic E-state index is 0.0113. The van der Waals surface area contributed by atoms with Gasteiger partial charge in [0.25, 0.3) is 5.97 Å². The summed E-state index contributed by atoms with van der Waals surface area (Å²) in [5, 5.41) is 7.42. The van der Waals surface area contributed by atoms with Gasteiger partial charge in [0.1, 0.15) is 5.78 Å². The summed E-state index contributed by atoms with van der Waals surface area (Å²) in [6.45, 7) is 12.9. The predicted molar refractivity (Wildman–Crippen MR) is 172 cm³/mol. The van der Waals surface area contributed by atoms with Gasteiger partial charge in [0, 0.05) is 56.4 Å². The van der Waals surface area contributed by atoms with Crippen LogP contribution in [0.5, 0.6) is 0 Å². The number of nitrogen functional groups attached to an aromatic ring is 1. The third-order valence-electron chi connectivity index (χ3n) is 4.92. The van der Waals surface area contributed by atoms with Gasteiger partial charge in [-0.05, 0) is 128 Å². The van der Waals surface area contributed by atoms with E-state index in [1.165, 1.54) is 5.56 Å². The molecule has 0 atom stereocenters. The van der Waals surface area contributed by atoms with Crippen molar-refractivity contribution >= 4 is 124 Å². The smallest absolute Gasteiger partial charge is 0.300 e. The minimum Gasteiger partial charge on any atom is -0.481 e. The molecule has 200 valence electrons. The highest BCUT2D eigenvalue weighted by Gasteiger charge is 2.35. The second-order valence-electron chi connectivity index (χ2n) is 8.39. The number of carbonyl (C=O) groups excluding carboxylic acids is 1. The Hall–Kier alpha value is -0.110. The number of aliphatic imine (C=N–C) groups is 1. The van der Waals surface area contributed by atoms with Crippen molar-refractivity contribution in [2.24, 2.45) is 16.8 Å². The van der Waals surface area contributed by atoms with Gasteiger partial charge in [-0.3, -0.25) is 20.4 Å². The molecule has 0 unspecified atom stereocenters. The lowest BCUT2D eigenvalue weighted by Gasteiger charge is -2.22. The fourth-order valence-electron chi connectivity index (χ4n) is 2.41. The third-order valence-corrected chi connectivity index (χ3v) is 11.4. The standard InChI is InChI=1S/C11H10Br3N.C6H5Br3N2.C5H10O.C2H4O2/c1-5-11(2,3)8-7(15-5)4-6(12)9(13)10(8)14;7-4-1-3(11-10)2-5(8)6(4)9;1-4(2)5(3)6;1-2(3)4/h4H,1-3H3;1-2,11H,10H2;4H,1-3H3;1H3,(H,3,4). The van der Waals surface area contributed by atoms with Gasteiger partial charge in [0.15, 0.2) is 0 Å². The van der Waals surface area contributed by atoms with Crippen LogP contribution >= 0.6 is 95.6 Å². The first-order valence-electron chi connectivity index (χ1n) is 10.4. The average Bonchev–Trinajstić information content (AvgIpc) is 2.98. The second kappa shape index (κ2) is 16.1. The Bertz CT molecular complexity index is 1110. The predicted octanol–water partition coefficient (Wildman–Crippen LogP) is 9.94. The number of nitrogens with zero attached hydrogens (tertiary/aromatic N) is 1. The average molecular weight is 887 g/mol. The number of rotatable bonds is 2.